The maximum Gasteiger partial charge on any atom is 0.294 e. The van der Waals surface area contributed by atoms with E-state index in [1.807, 2.05) is 25.4 Å². The molecule has 5 heterocycles. The number of hydrogen-bond acceptors (Lipinski definition) is 7. The molecule has 0 radical (unpaired) electrons. The summed E-state index contributed by atoms with van der Waals surface area (Å²) < 4.78 is 3.30. The summed E-state index contributed by atoms with van der Waals surface area (Å²) in [7, 11) is 1.84. The highest BCUT2D eigenvalue weighted by molar-refractivity contribution is 6.03. The van der Waals surface area contributed by atoms with Crippen LogP contribution < -0.4 is 10.6 Å². The Labute approximate surface area is 212 Å². The monoisotopic (exact) mass is 501 g/mol. The van der Waals surface area contributed by atoms with E-state index in [1.54, 1.807) is 39.4 Å². The first-order valence-electron chi connectivity index (χ1n) is 12.1. The van der Waals surface area contributed by atoms with Crippen molar-refractivity contribution in [3.8, 4) is 11.1 Å². The Morgan fingerprint density at radius 2 is 1.95 bits per heavy atom. The molecule has 1 fully saturated rings. The summed E-state index contributed by atoms with van der Waals surface area (Å²) in [5.41, 5.74) is 3.60. The molecule has 190 valence electrons. The van der Waals surface area contributed by atoms with Crippen LogP contribution in [0.2, 0.25) is 0 Å². The van der Waals surface area contributed by atoms with E-state index in [0.717, 1.165) is 30.5 Å². The molecule has 12 heteroatoms. The van der Waals surface area contributed by atoms with Crippen LogP contribution >= 0.6 is 0 Å². The Morgan fingerprint density at radius 3 is 2.73 bits per heavy atom. The third-order valence-electron chi connectivity index (χ3n) is 6.34. The van der Waals surface area contributed by atoms with Crippen molar-refractivity contribution < 1.29 is 14.4 Å². The lowest BCUT2D eigenvalue weighted by Gasteiger charge is -2.26. The molecule has 0 aromatic carbocycles. The number of carbonyl (C=O) groups is 3. The van der Waals surface area contributed by atoms with Crippen LogP contribution in [0.5, 0.6) is 0 Å². The molecule has 37 heavy (non-hydrogen) atoms. The maximum atomic E-state index is 13.0. The highest BCUT2D eigenvalue weighted by Gasteiger charge is 2.19. The van der Waals surface area contributed by atoms with Crippen molar-refractivity contribution in [2.75, 3.05) is 25.0 Å². The van der Waals surface area contributed by atoms with Crippen LogP contribution in [-0.4, -0.2) is 71.6 Å². The Balaban J connectivity index is 1.26. The number of nitrogens with zero attached hydrogens (tertiary/aromatic N) is 7. The van der Waals surface area contributed by atoms with Crippen LogP contribution in [0.1, 0.15) is 45.9 Å². The molecule has 0 unspecified atom stereocenters. The number of nitrogens with one attached hydrogen (secondary N) is 2. The van der Waals surface area contributed by atoms with Gasteiger partial charge in [0.15, 0.2) is 5.65 Å². The average Bonchev–Trinajstić information content (AvgIpc) is 3.52. The molecule has 1 aliphatic rings. The second kappa shape index (κ2) is 10.2. The predicted octanol–water partition coefficient (Wildman–Crippen LogP) is 1.83. The van der Waals surface area contributed by atoms with E-state index in [-0.39, 0.29) is 17.6 Å². The highest BCUT2D eigenvalue weighted by Crippen LogP contribution is 2.21. The zero-order chi connectivity index (χ0) is 25.9. The van der Waals surface area contributed by atoms with E-state index in [1.165, 1.54) is 6.20 Å². The first-order chi connectivity index (χ1) is 17.9. The van der Waals surface area contributed by atoms with Gasteiger partial charge in [-0.25, -0.2) is 0 Å². The van der Waals surface area contributed by atoms with E-state index in [0.29, 0.717) is 42.1 Å². The number of aryl methyl sites for hydroxylation is 2. The Kier molecular flexibility index (Phi) is 6.62. The van der Waals surface area contributed by atoms with Gasteiger partial charge in [-0.1, -0.05) is 0 Å². The van der Waals surface area contributed by atoms with Gasteiger partial charge in [-0.3, -0.25) is 28.5 Å². The fourth-order valence-corrected chi connectivity index (χ4v) is 4.26. The minimum atomic E-state index is -0.479. The molecular formula is C25H27N9O3. The summed E-state index contributed by atoms with van der Waals surface area (Å²) >= 11 is 0. The van der Waals surface area contributed by atoms with Gasteiger partial charge in [0.1, 0.15) is 0 Å². The summed E-state index contributed by atoms with van der Waals surface area (Å²) in [6.07, 6.45) is 9.29. The fraction of sp³-hybridized carbons (Fsp3) is 0.320. The van der Waals surface area contributed by atoms with Gasteiger partial charge in [-0.2, -0.15) is 5.10 Å². The topological polar surface area (TPSA) is 139 Å². The lowest BCUT2D eigenvalue weighted by molar-refractivity contribution is -0.133. The Hall–Kier alpha value is -4.61. The normalized spacial score (nSPS) is 13.7. The molecule has 2 N–H and O–H groups in total. The summed E-state index contributed by atoms with van der Waals surface area (Å²) in [6, 6.07) is 5.26. The lowest BCUT2D eigenvalue weighted by atomic mass is 10.1. The number of anilines is 1. The summed E-state index contributed by atoms with van der Waals surface area (Å²) in [4.78, 5) is 43.7. The van der Waals surface area contributed by atoms with Gasteiger partial charge >= 0.3 is 0 Å². The second-order valence-corrected chi connectivity index (χ2v) is 8.97. The molecule has 4 aromatic heterocycles. The number of carbonyl (C=O) groups excluding carboxylic acids is 3. The number of aromatic nitrogens is 6. The molecule has 4 aromatic rings. The molecule has 0 saturated carbocycles. The third-order valence-corrected chi connectivity index (χ3v) is 6.34. The quantitative estimate of drug-likeness (QED) is 0.394. The number of rotatable bonds is 7. The van der Waals surface area contributed by atoms with Crippen LogP contribution in [0.25, 0.3) is 16.8 Å². The summed E-state index contributed by atoms with van der Waals surface area (Å²) in [6.45, 7) is 3.27. The van der Waals surface area contributed by atoms with Gasteiger partial charge in [-0.05, 0) is 43.5 Å². The lowest BCUT2D eigenvalue weighted by Crippen LogP contribution is -2.41. The van der Waals surface area contributed by atoms with Gasteiger partial charge in [0.05, 0.1) is 23.1 Å². The van der Waals surface area contributed by atoms with Gasteiger partial charge in [-0.15, -0.1) is 10.2 Å². The molecule has 1 saturated heterocycles. The number of pyridine rings is 2. The number of likely N-dealkylation sites (tertiary alicyclic amines) is 1. The smallest absolute Gasteiger partial charge is 0.294 e. The van der Waals surface area contributed by atoms with Crippen LogP contribution in [0, 0.1) is 6.92 Å². The standard InChI is InChI=1S/C25H27N9O3/c1-16-20(11-18(13-27-16)24(36)26-7-10-33-8-4-3-5-22(33)35)29-25(37)23-31-30-21-12-17(6-9-34(21)23)19-14-28-32(2)15-19/h6,9,11-15H,3-5,7-8,10H2,1-2H3,(H,26,36)(H,29,37). The first-order valence-corrected chi connectivity index (χ1v) is 12.1. The van der Waals surface area contributed by atoms with Crippen molar-refractivity contribution in [3.63, 3.8) is 0 Å². The van der Waals surface area contributed by atoms with E-state index >= 15 is 0 Å². The zero-order valence-corrected chi connectivity index (χ0v) is 20.6. The van der Waals surface area contributed by atoms with Gasteiger partial charge < -0.3 is 15.5 Å². The largest absolute Gasteiger partial charge is 0.350 e. The Morgan fingerprint density at radius 1 is 1.08 bits per heavy atom. The maximum absolute atomic E-state index is 13.0. The minimum absolute atomic E-state index is 0.105. The predicted molar refractivity (Wildman–Crippen MR) is 135 cm³/mol. The zero-order valence-electron chi connectivity index (χ0n) is 20.6. The molecular weight excluding hydrogens is 474 g/mol. The first kappa shape index (κ1) is 24.1. The molecule has 12 nitrogen and oxygen atoms in total. The average molecular weight is 502 g/mol. The molecule has 0 aliphatic carbocycles. The van der Waals surface area contributed by atoms with Gasteiger partial charge in [0, 0.05) is 57.3 Å². The van der Waals surface area contributed by atoms with Crippen molar-refractivity contribution in [1.29, 1.82) is 0 Å². The highest BCUT2D eigenvalue weighted by atomic mass is 16.2. The van der Waals surface area contributed by atoms with Gasteiger partial charge in [0.2, 0.25) is 11.7 Å². The minimum Gasteiger partial charge on any atom is -0.350 e. The molecule has 3 amide bonds. The number of hydrogen-bond donors (Lipinski definition) is 2. The number of piperidine rings is 1. The van der Waals surface area contributed by atoms with E-state index < -0.39 is 5.91 Å². The number of amides is 3. The van der Waals surface area contributed by atoms with Crippen molar-refractivity contribution in [3.05, 3.63) is 60.1 Å². The van der Waals surface area contributed by atoms with Crippen LogP contribution in [0.4, 0.5) is 5.69 Å². The van der Waals surface area contributed by atoms with Crippen molar-refractivity contribution in [1.82, 2.24) is 39.6 Å². The second-order valence-electron chi connectivity index (χ2n) is 8.97. The molecule has 1 aliphatic heterocycles. The van der Waals surface area contributed by atoms with Crippen molar-refractivity contribution >= 4 is 29.1 Å². The Bertz CT molecular complexity index is 1490. The van der Waals surface area contributed by atoms with Crippen LogP contribution in [0.15, 0.2) is 43.0 Å². The fourth-order valence-electron chi connectivity index (χ4n) is 4.26. The third kappa shape index (κ3) is 5.17. The van der Waals surface area contributed by atoms with Crippen molar-refractivity contribution in [2.45, 2.75) is 26.2 Å². The SMILES string of the molecule is Cc1ncc(C(=O)NCCN2CCCCC2=O)cc1NC(=O)c1nnc2cc(-c3cnn(C)c3)ccn12. The molecule has 0 bridgehead atoms. The molecule has 0 atom stereocenters. The summed E-state index contributed by atoms with van der Waals surface area (Å²) in [5, 5.41) is 18.0. The van der Waals surface area contributed by atoms with Crippen molar-refractivity contribution in [2.24, 2.45) is 7.05 Å². The molecule has 0 spiro atoms. The van der Waals surface area contributed by atoms with Gasteiger partial charge in [0.25, 0.3) is 11.8 Å². The van der Waals surface area contributed by atoms with E-state index in [9.17, 15) is 14.4 Å². The van der Waals surface area contributed by atoms with E-state index in [4.69, 9.17) is 0 Å². The van der Waals surface area contributed by atoms with E-state index in [2.05, 4.69) is 30.9 Å². The van der Waals surface area contributed by atoms with Crippen LogP contribution in [-0.2, 0) is 11.8 Å². The molecule has 5 rings (SSSR count). The number of fused-ring (bicyclic) bond motifs is 1. The van der Waals surface area contributed by atoms with Crippen LogP contribution in [0.3, 0.4) is 0 Å². The summed E-state index contributed by atoms with van der Waals surface area (Å²) in [5.74, 6) is -0.582.